The Morgan fingerprint density at radius 1 is 0.955 bits per heavy atom. The average Bonchev–Trinajstić information content (AvgIpc) is 2.99. The Labute approximate surface area is 131 Å². The third kappa shape index (κ3) is 2.21. The number of aromatic nitrogens is 5. The number of benzene rings is 1. The number of H-pyrrole nitrogens is 1. The zero-order valence-electron chi connectivity index (χ0n) is 11.4. The first-order chi connectivity index (χ1) is 10.8. The first-order valence-electron chi connectivity index (χ1n) is 6.70. The minimum atomic E-state index is 0.340. The van der Waals surface area contributed by atoms with Crippen molar-refractivity contribution < 1.29 is 0 Å². The second-order valence-corrected chi connectivity index (χ2v) is 5.11. The average molecular weight is 308 g/mol. The van der Waals surface area contributed by atoms with Crippen LogP contribution in [0.15, 0.2) is 55.0 Å². The number of rotatable bonds is 2. The highest BCUT2D eigenvalue weighted by atomic mass is 35.5. The molecule has 3 heterocycles. The Bertz CT molecular complexity index is 949. The third-order valence-corrected chi connectivity index (χ3v) is 3.50. The molecule has 0 bridgehead atoms. The Morgan fingerprint density at radius 3 is 2.68 bits per heavy atom. The molecule has 0 amide bonds. The molecule has 0 aliphatic rings. The Balaban J connectivity index is 1.87. The van der Waals surface area contributed by atoms with Crippen molar-refractivity contribution in [1.29, 1.82) is 0 Å². The summed E-state index contributed by atoms with van der Waals surface area (Å²) in [6.07, 6.45) is 5.04. The van der Waals surface area contributed by atoms with Crippen LogP contribution >= 0.6 is 11.6 Å². The molecule has 0 spiro atoms. The van der Waals surface area contributed by atoms with E-state index in [2.05, 4.69) is 24.9 Å². The zero-order chi connectivity index (χ0) is 14.9. The first kappa shape index (κ1) is 12.9. The van der Waals surface area contributed by atoms with Crippen molar-refractivity contribution in [2.24, 2.45) is 0 Å². The summed E-state index contributed by atoms with van der Waals surface area (Å²) in [5, 5.41) is 0.340. The fraction of sp³-hybridized carbons (Fsp3) is 0. The van der Waals surface area contributed by atoms with E-state index in [4.69, 9.17) is 11.6 Å². The highest BCUT2D eigenvalue weighted by molar-refractivity contribution is 6.29. The number of hydrogen-bond donors (Lipinski definition) is 1. The van der Waals surface area contributed by atoms with E-state index < -0.39 is 0 Å². The highest BCUT2D eigenvalue weighted by Gasteiger charge is 2.12. The van der Waals surface area contributed by atoms with Crippen molar-refractivity contribution in [2.75, 3.05) is 0 Å². The fourth-order valence-corrected chi connectivity index (χ4v) is 2.43. The van der Waals surface area contributed by atoms with Crippen molar-refractivity contribution in [3.8, 4) is 22.6 Å². The molecule has 0 radical (unpaired) electrons. The van der Waals surface area contributed by atoms with Gasteiger partial charge < -0.3 is 4.98 Å². The zero-order valence-corrected chi connectivity index (χ0v) is 12.1. The molecule has 0 aliphatic heterocycles. The molecule has 4 rings (SSSR count). The number of nitrogens with one attached hydrogen (secondary N) is 1. The normalized spacial score (nSPS) is 11.0. The van der Waals surface area contributed by atoms with E-state index in [9.17, 15) is 0 Å². The van der Waals surface area contributed by atoms with Gasteiger partial charge in [0, 0.05) is 18.0 Å². The second-order valence-electron chi connectivity index (χ2n) is 4.72. The molecule has 106 valence electrons. The number of fused-ring (bicyclic) bond motifs is 1. The standard InChI is InChI=1S/C16H10ClN5/c17-13-9-20-16-14(22-13)11(8-19-16)15-18-7-6-12(21-15)10-4-2-1-3-5-10/h1-9H,(H,19,20). The minimum Gasteiger partial charge on any atom is -0.344 e. The van der Waals surface area contributed by atoms with Crippen molar-refractivity contribution in [3.05, 3.63) is 60.1 Å². The van der Waals surface area contributed by atoms with Gasteiger partial charge in [-0.2, -0.15) is 0 Å². The summed E-state index contributed by atoms with van der Waals surface area (Å²) in [6, 6.07) is 11.8. The predicted octanol–water partition coefficient (Wildman–Crippen LogP) is 3.74. The SMILES string of the molecule is Clc1cnc2[nH]cc(-c3nccc(-c4ccccc4)n3)c2n1. The van der Waals surface area contributed by atoms with Gasteiger partial charge in [-0.05, 0) is 6.07 Å². The summed E-state index contributed by atoms with van der Waals surface area (Å²) in [6.45, 7) is 0. The molecular weight excluding hydrogens is 298 g/mol. The third-order valence-electron chi connectivity index (χ3n) is 3.32. The Hall–Kier alpha value is -2.79. The van der Waals surface area contributed by atoms with Gasteiger partial charge in [0.2, 0.25) is 0 Å². The van der Waals surface area contributed by atoms with Gasteiger partial charge in [-0.1, -0.05) is 41.9 Å². The van der Waals surface area contributed by atoms with Crippen molar-refractivity contribution in [1.82, 2.24) is 24.9 Å². The molecule has 0 aliphatic carbocycles. The summed E-state index contributed by atoms with van der Waals surface area (Å²) < 4.78 is 0. The maximum atomic E-state index is 5.93. The van der Waals surface area contributed by atoms with E-state index in [1.165, 1.54) is 6.20 Å². The van der Waals surface area contributed by atoms with Crippen LogP contribution in [-0.2, 0) is 0 Å². The molecule has 1 N–H and O–H groups in total. The van der Waals surface area contributed by atoms with E-state index in [1.807, 2.05) is 36.4 Å². The number of nitrogens with zero attached hydrogens (tertiary/aromatic N) is 4. The van der Waals surface area contributed by atoms with Gasteiger partial charge in [-0.15, -0.1) is 0 Å². The smallest absolute Gasteiger partial charge is 0.163 e. The van der Waals surface area contributed by atoms with Gasteiger partial charge in [0.25, 0.3) is 0 Å². The predicted molar refractivity (Wildman–Crippen MR) is 85.4 cm³/mol. The van der Waals surface area contributed by atoms with Crippen molar-refractivity contribution in [3.63, 3.8) is 0 Å². The first-order valence-corrected chi connectivity index (χ1v) is 7.07. The van der Waals surface area contributed by atoms with Gasteiger partial charge >= 0.3 is 0 Å². The molecule has 1 aromatic carbocycles. The van der Waals surface area contributed by atoms with Gasteiger partial charge in [0.05, 0.1) is 17.5 Å². The number of halogens is 1. The van der Waals surface area contributed by atoms with E-state index in [0.717, 1.165) is 16.8 Å². The number of aromatic amines is 1. The molecule has 0 unspecified atom stereocenters. The Morgan fingerprint density at radius 2 is 1.82 bits per heavy atom. The quantitative estimate of drug-likeness (QED) is 0.612. The summed E-state index contributed by atoms with van der Waals surface area (Å²) in [5.74, 6) is 0.587. The monoisotopic (exact) mass is 307 g/mol. The van der Waals surface area contributed by atoms with Gasteiger partial charge in [-0.3, -0.25) is 0 Å². The second kappa shape index (κ2) is 5.20. The van der Waals surface area contributed by atoms with Crippen LogP contribution in [0.4, 0.5) is 0 Å². The van der Waals surface area contributed by atoms with Gasteiger partial charge in [0.1, 0.15) is 10.7 Å². The largest absolute Gasteiger partial charge is 0.344 e. The van der Waals surface area contributed by atoms with Crippen LogP contribution in [0.5, 0.6) is 0 Å². The van der Waals surface area contributed by atoms with Crippen molar-refractivity contribution >= 4 is 22.8 Å². The highest BCUT2D eigenvalue weighted by Crippen LogP contribution is 2.26. The van der Waals surface area contributed by atoms with E-state index in [1.54, 1.807) is 12.4 Å². The fourth-order valence-electron chi connectivity index (χ4n) is 2.30. The maximum Gasteiger partial charge on any atom is 0.163 e. The molecule has 0 atom stereocenters. The van der Waals surface area contributed by atoms with Crippen LogP contribution in [0.25, 0.3) is 33.8 Å². The summed E-state index contributed by atoms with van der Waals surface area (Å²) in [4.78, 5) is 20.5. The molecule has 22 heavy (non-hydrogen) atoms. The molecule has 6 heteroatoms. The molecular formula is C16H10ClN5. The van der Waals surface area contributed by atoms with E-state index in [-0.39, 0.29) is 0 Å². The summed E-state index contributed by atoms with van der Waals surface area (Å²) in [7, 11) is 0. The molecule has 5 nitrogen and oxygen atoms in total. The van der Waals surface area contributed by atoms with Crippen LogP contribution in [0.2, 0.25) is 5.15 Å². The lowest BCUT2D eigenvalue weighted by Crippen LogP contribution is -1.91. The van der Waals surface area contributed by atoms with Crippen molar-refractivity contribution in [2.45, 2.75) is 0 Å². The summed E-state index contributed by atoms with van der Waals surface area (Å²) >= 11 is 5.93. The van der Waals surface area contributed by atoms with Gasteiger partial charge in [0.15, 0.2) is 11.5 Å². The molecule has 0 saturated carbocycles. The summed E-state index contributed by atoms with van der Waals surface area (Å²) in [5.41, 5.74) is 4.00. The Kier molecular flexibility index (Phi) is 3.05. The van der Waals surface area contributed by atoms with Gasteiger partial charge in [-0.25, -0.2) is 19.9 Å². The molecule has 0 fully saturated rings. The molecule has 4 aromatic rings. The van der Waals surface area contributed by atoms with Crippen LogP contribution < -0.4 is 0 Å². The maximum absolute atomic E-state index is 5.93. The lowest BCUT2D eigenvalue weighted by atomic mass is 10.1. The minimum absolute atomic E-state index is 0.340. The number of hydrogen-bond acceptors (Lipinski definition) is 4. The topological polar surface area (TPSA) is 67.3 Å². The lowest BCUT2D eigenvalue weighted by molar-refractivity contribution is 1.18. The van der Waals surface area contributed by atoms with Crippen LogP contribution in [-0.4, -0.2) is 24.9 Å². The van der Waals surface area contributed by atoms with Crippen LogP contribution in [0, 0.1) is 0 Å². The lowest BCUT2D eigenvalue weighted by Gasteiger charge is -2.03. The van der Waals surface area contributed by atoms with E-state index >= 15 is 0 Å². The van der Waals surface area contributed by atoms with Crippen LogP contribution in [0.1, 0.15) is 0 Å². The molecule has 0 saturated heterocycles. The molecule has 3 aromatic heterocycles. The van der Waals surface area contributed by atoms with E-state index in [0.29, 0.717) is 22.1 Å². The van der Waals surface area contributed by atoms with Crippen LogP contribution in [0.3, 0.4) is 0 Å².